The van der Waals surface area contributed by atoms with Gasteiger partial charge in [-0.2, -0.15) is 4.31 Å². The quantitative estimate of drug-likeness (QED) is 0.923. The molecule has 0 amide bonds. The molecule has 1 aromatic rings. The maximum absolute atomic E-state index is 12.7. The monoisotopic (exact) mass is 282 g/mol. The molecule has 0 aliphatic carbocycles. The van der Waals surface area contributed by atoms with Crippen molar-refractivity contribution in [2.45, 2.75) is 43.5 Å². The zero-order valence-electron chi connectivity index (χ0n) is 11.2. The number of hydrogen-bond acceptors (Lipinski definition) is 3. The van der Waals surface area contributed by atoms with Crippen LogP contribution in [0.5, 0.6) is 0 Å². The van der Waals surface area contributed by atoms with Gasteiger partial charge in [-0.15, -0.1) is 0 Å². The van der Waals surface area contributed by atoms with Crippen LogP contribution in [0.2, 0.25) is 0 Å². The first kappa shape index (κ1) is 14.5. The fourth-order valence-electron chi connectivity index (χ4n) is 2.52. The number of rotatable bonds is 3. The summed E-state index contributed by atoms with van der Waals surface area (Å²) in [5, 5.41) is 0. The molecule has 0 saturated carbocycles. The van der Waals surface area contributed by atoms with Gasteiger partial charge in [0.05, 0.1) is 4.90 Å². The van der Waals surface area contributed by atoms with Gasteiger partial charge < -0.3 is 5.73 Å². The van der Waals surface area contributed by atoms with Gasteiger partial charge in [-0.1, -0.05) is 37.5 Å². The standard InChI is InChI=1S/C14H22N2O2S/c15-12-13-8-4-5-9-14(13)19(17,18)16-10-6-2-1-3-7-11-16/h4-5,8-9H,1-3,6-7,10-12,15H2. The van der Waals surface area contributed by atoms with Crippen LogP contribution >= 0.6 is 0 Å². The Kier molecular flexibility index (Phi) is 4.96. The molecule has 0 radical (unpaired) electrons. The molecule has 19 heavy (non-hydrogen) atoms. The van der Waals surface area contributed by atoms with Gasteiger partial charge in [-0.05, 0) is 24.5 Å². The predicted octanol–water partition coefficient (Wildman–Crippen LogP) is 2.10. The second kappa shape index (κ2) is 6.50. The van der Waals surface area contributed by atoms with Crippen molar-refractivity contribution in [3.05, 3.63) is 29.8 Å². The molecule has 0 aromatic heterocycles. The summed E-state index contributed by atoms with van der Waals surface area (Å²) in [6, 6.07) is 7.04. The molecule has 1 aliphatic heterocycles. The lowest BCUT2D eigenvalue weighted by Crippen LogP contribution is -2.34. The second-order valence-corrected chi connectivity index (χ2v) is 6.89. The van der Waals surface area contributed by atoms with Crippen LogP contribution in [-0.2, 0) is 16.6 Å². The molecule has 0 spiro atoms. The summed E-state index contributed by atoms with van der Waals surface area (Å²) in [4.78, 5) is 0.373. The SMILES string of the molecule is NCc1ccccc1S(=O)(=O)N1CCCCCCC1. The molecule has 0 unspecified atom stereocenters. The third-order valence-electron chi connectivity index (χ3n) is 3.63. The van der Waals surface area contributed by atoms with Gasteiger partial charge >= 0.3 is 0 Å². The van der Waals surface area contributed by atoms with Gasteiger partial charge in [-0.25, -0.2) is 8.42 Å². The van der Waals surface area contributed by atoms with E-state index in [9.17, 15) is 8.42 Å². The number of benzene rings is 1. The fourth-order valence-corrected chi connectivity index (χ4v) is 4.27. The lowest BCUT2D eigenvalue weighted by Gasteiger charge is -2.25. The minimum absolute atomic E-state index is 0.253. The van der Waals surface area contributed by atoms with Gasteiger partial charge in [0.15, 0.2) is 0 Å². The highest BCUT2D eigenvalue weighted by molar-refractivity contribution is 7.89. The maximum atomic E-state index is 12.7. The van der Waals surface area contributed by atoms with E-state index in [-0.39, 0.29) is 6.54 Å². The van der Waals surface area contributed by atoms with Crippen molar-refractivity contribution in [3.63, 3.8) is 0 Å². The maximum Gasteiger partial charge on any atom is 0.243 e. The minimum Gasteiger partial charge on any atom is -0.326 e. The molecule has 106 valence electrons. The Morgan fingerprint density at radius 1 is 1.00 bits per heavy atom. The highest BCUT2D eigenvalue weighted by atomic mass is 32.2. The molecule has 0 bridgehead atoms. The number of nitrogens with two attached hydrogens (primary N) is 1. The van der Waals surface area contributed by atoms with Crippen molar-refractivity contribution in [3.8, 4) is 0 Å². The third-order valence-corrected chi connectivity index (χ3v) is 5.62. The predicted molar refractivity (Wildman–Crippen MR) is 76.2 cm³/mol. The molecular formula is C14H22N2O2S. The van der Waals surface area contributed by atoms with Crippen LogP contribution in [0.1, 0.15) is 37.7 Å². The summed E-state index contributed by atoms with van der Waals surface area (Å²) in [5.74, 6) is 0. The Labute approximate surface area is 115 Å². The van der Waals surface area contributed by atoms with Crippen LogP contribution in [0.15, 0.2) is 29.2 Å². The molecule has 5 heteroatoms. The molecule has 2 N–H and O–H groups in total. The van der Waals surface area contributed by atoms with E-state index in [0.717, 1.165) is 25.7 Å². The molecule has 0 atom stereocenters. The van der Waals surface area contributed by atoms with Crippen LogP contribution in [-0.4, -0.2) is 25.8 Å². The molecule has 1 saturated heterocycles. The van der Waals surface area contributed by atoms with Crippen LogP contribution in [0, 0.1) is 0 Å². The summed E-state index contributed by atoms with van der Waals surface area (Å²) in [6.45, 7) is 1.51. The number of hydrogen-bond donors (Lipinski definition) is 1. The highest BCUT2D eigenvalue weighted by Crippen LogP contribution is 2.22. The Morgan fingerprint density at radius 3 is 2.21 bits per heavy atom. The van der Waals surface area contributed by atoms with Crippen LogP contribution < -0.4 is 5.73 Å². The molecule has 1 aliphatic rings. The normalized spacial score (nSPS) is 18.8. The van der Waals surface area contributed by atoms with Crippen LogP contribution in [0.3, 0.4) is 0 Å². The fraction of sp³-hybridized carbons (Fsp3) is 0.571. The largest absolute Gasteiger partial charge is 0.326 e. The van der Waals surface area contributed by atoms with Crippen molar-refractivity contribution < 1.29 is 8.42 Å². The molecule has 1 aromatic carbocycles. The number of sulfonamides is 1. The lowest BCUT2D eigenvalue weighted by atomic mass is 10.1. The molecule has 4 nitrogen and oxygen atoms in total. The van der Waals surface area contributed by atoms with Gasteiger partial charge in [0.1, 0.15) is 0 Å². The zero-order chi connectivity index (χ0) is 13.7. The Bertz CT molecular complexity index is 506. The Morgan fingerprint density at radius 2 is 1.58 bits per heavy atom. The van der Waals surface area contributed by atoms with E-state index in [2.05, 4.69) is 0 Å². The topological polar surface area (TPSA) is 63.4 Å². The van der Waals surface area contributed by atoms with Gasteiger partial charge in [-0.3, -0.25) is 0 Å². The Balaban J connectivity index is 2.29. The average Bonchev–Trinajstić information content (AvgIpc) is 2.37. The van der Waals surface area contributed by atoms with E-state index >= 15 is 0 Å². The van der Waals surface area contributed by atoms with Gasteiger partial charge in [0.25, 0.3) is 0 Å². The molecular weight excluding hydrogens is 260 g/mol. The second-order valence-electron chi connectivity index (χ2n) is 4.98. The van der Waals surface area contributed by atoms with Crippen LogP contribution in [0.25, 0.3) is 0 Å². The molecule has 2 rings (SSSR count). The lowest BCUT2D eigenvalue weighted by molar-refractivity contribution is 0.364. The van der Waals surface area contributed by atoms with Gasteiger partial charge in [0.2, 0.25) is 10.0 Å². The van der Waals surface area contributed by atoms with Crippen molar-refractivity contribution in [1.29, 1.82) is 0 Å². The summed E-state index contributed by atoms with van der Waals surface area (Å²) in [7, 11) is -3.39. The average molecular weight is 282 g/mol. The van der Waals surface area contributed by atoms with Gasteiger partial charge in [0, 0.05) is 19.6 Å². The Hall–Kier alpha value is -0.910. The smallest absolute Gasteiger partial charge is 0.243 e. The van der Waals surface area contributed by atoms with E-state index in [4.69, 9.17) is 5.73 Å². The summed E-state index contributed by atoms with van der Waals surface area (Å²) in [6.07, 6.45) is 5.34. The summed E-state index contributed by atoms with van der Waals surface area (Å²) < 4.78 is 27.0. The first-order chi connectivity index (χ1) is 9.16. The molecule has 1 heterocycles. The van der Waals surface area contributed by atoms with Crippen molar-refractivity contribution >= 4 is 10.0 Å². The summed E-state index contributed by atoms with van der Waals surface area (Å²) >= 11 is 0. The summed E-state index contributed by atoms with van der Waals surface area (Å²) in [5.41, 5.74) is 6.35. The van der Waals surface area contributed by atoms with E-state index in [0.29, 0.717) is 23.5 Å². The van der Waals surface area contributed by atoms with E-state index in [1.165, 1.54) is 6.42 Å². The zero-order valence-corrected chi connectivity index (χ0v) is 12.0. The third kappa shape index (κ3) is 3.35. The van der Waals surface area contributed by atoms with E-state index in [1.54, 1.807) is 22.5 Å². The van der Waals surface area contributed by atoms with E-state index < -0.39 is 10.0 Å². The van der Waals surface area contributed by atoms with Crippen molar-refractivity contribution in [2.24, 2.45) is 5.73 Å². The minimum atomic E-state index is -3.39. The van der Waals surface area contributed by atoms with E-state index in [1.807, 2.05) is 6.07 Å². The highest BCUT2D eigenvalue weighted by Gasteiger charge is 2.26. The van der Waals surface area contributed by atoms with Crippen molar-refractivity contribution in [2.75, 3.05) is 13.1 Å². The van der Waals surface area contributed by atoms with Crippen molar-refractivity contribution in [1.82, 2.24) is 4.31 Å². The first-order valence-electron chi connectivity index (χ1n) is 6.94. The number of nitrogens with zero attached hydrogens (tertiary/aromatic N) is 1. The molecule has 1 fully saturated rings. The first-order valence-corrected chi connectivity index (χ1v) is 8.38. The van der Waals surface area contributed by atoms with Crippen LogP contribution in [0.4, 0.5) is 0 Å².